The number of halogens is 1. The predicted octanol–water partition coefficient (Wildman–Crippen LogP) is 1.26. The lowest BCUT2D eigenvalue weighted by molar-refractivity contribution is 0.684. The van der Waals surface area contributed by atoms with E-state index in [2.05, 4.69) is 6.58 Å². The Kier molecular flexibility index (Phi) is 3.01. The molecule has 0 amide bonds. The van der Waals surface area contributed by atoms with Gasteiger partial charge in [-0.05, 0) is 6.08 Å². The van der Waals surface area contributed by atoms with Crippen LogP contribution in [0.2, 0.25) is 0 Å². The van der Waals surface area contributed by atoms with Gasteiger partial charge in [-0.15, -0.1) is 0 Å². The molecule has 0 aliphatic rings. The number of hydrogen-bond donors (Lipinski definition) is 0. The summed E-state index contributed by atoms with van der Waals surface area (Å²) in [5.74, 6) is 0. The van der Waals surface area contributed by atoms with Crippen LogP contribution in [-0.2, 0) is 0 Å². The summed E-state index contributed by atoms with van der Waals surface area (Å²) in [4.78, 5) is 0. The molecule has 2 radical (unpaired) electrons. The Bertz CT molecular complexity index is 45.6. The Labute approximate surface area is 30.6 Å². The first-order valence-electron chi connectivity index (χ1n) is 1.14. The molecule has 0 heterocycles. The quantitative estimate of drug-likeness (QED) is 0.407. The van der Waals surface area contributed by atoms with E-state index in [1.165, 1.54) is 6.33 Å². The fraction of sp³-hybridized carbons (Fsp3) is 0. The summed E-state index contributed by atoms with van der Waals surface area (Å²) >= 11 is 0. The van der Waals surface area contributed by atoms with Crippen molar-refractivity contribution in [2.75, 3.05) is 0 Å². The highest BCUT2D eigenvalue weighted by molar-refractivity contribution is 4.86. The summed E-state index contributed by atoms with van der Waals surface area (Å²) in [5, 5.41) is 0. The molecule has 0 saturated heterocycles. The third-order valence-corrected chi connectivity index (χ3v) is 0.159. The van der Waals surface area contributed by atoms with Gasteiger partial charge in [0.15, 0.2) is 6.33 Å². The fourth-order valence-corrected chi connectivity index (χ4v) is 0.0364. The first kappa shape index (κ1) is 4.41. The fourth-order valence-electron chi connectivity index (χ4n) is 0.0364. The second kappa shape index (κ2) is 3.41. The monoisotopic (exact) mass is 70.0 g/mol. The summed E-state index contributed by atoms with van der Waals surface area (Å²) in [7, 11) is 0. The van der Waals surface area contributed by atoms with E-state index < -0.39 is 0 Å². The van der Waals surface area contributed by atoms with Crippen LogP contribution in [0.5, 0.6) is 0 Å². The van der Waals surface area contributed by atoms with Crippen molar-refractivity contribution in [2.24, 2.45) is 0 Å². The Hall–Kier alpha value is -0.590. The van der Waals surface area contributed by atoms with Crippen LogP contribution in [0.4, 0.5) is 4.39 Å². The summed E-state index contributed by atoms with van der Waals surface area (Å²) in [6.45, 7) is 4.66. The number of rotatable bonds is 1. The Morgan fingerprint density at radius 1 is 1.80 bits per heavy atom. The van der Waals surface area contributed by atoms with Gasteiger partial charge < -0.3 is 0 Å². The zero-order valence-electron chi connectivity index (χ0n) is 2.61. The summed E-state index contributed by atoms with van der Waals surface area (Å²) in [5.41, 5.74) is 0. The van der Waals surface area contributed by atoms with E-state index in [0.29, 0.717) is 0 Å². The second-order valence-corrected chi connectivity index (χ2v) is 0.468. The smallest absolute Gasteiger partial charge is 0.158 e. The third kappa shape index (κ3) is 3.41. The first-order chi connectivity index (χ1) is 2.41. The summed E-state index contributed by atoms with van der Waals surface area (Å²) in [6, 6.07) is 0. The van der Waals surface area contributed by atoms with E-state index in [1.807, 2.05) is 0 Å². The van der Waals surface area contributed by atoms with Crippen molar-refractivity contribution < 1.29 is 4.39 Å². The molecule has 0 nitrogen and oxygen atoms in total. The molecule has 5 heavy (non-hydrogen) atoms. The largest absolute Gasteiger partial charge is 0.204 e. The van der Waals surface area contributed by atoms with E-state index in [1.54, 1.807) is 0 Å². The van der Waals surface area contributed by atoms with Crippen molar-refractivity contribution in [3.63, 3.8) is 0 Å². The van der Waals surface area contributed by atoms with Crippen molar-refractivity contribution in [2.45, 2.75) is 0 Å². The van der Waals surface area contributed by atoms with E-state index in [9.17, 15) is 4.39 Å². The molecule has 0 fully saturated rings. The molecule has 26 valence electrons. The normalized spacial score (nSPS) is 9.00. The van der Waals surface area contributed by atoms with Crippen molar-refractivity contribution in [1.82, 2.24) is 0 Å². The Morgan fingerprint density at radius 2 is 2.40 bits per heavy atom. The lowest BCUT2D eigenvalue weighted by Crippen LogP contribution is -1.33. The van der Waals surface area contributed by atoms with Gasteiger partial charge in [-0.3, -0.25) is 0 Å². The zero-order chi connectivity index (χ0) is 4.12. The van der Waals surface area contributed by atoms with Gasteiger partial charge in [-0.1, -0.05) is 12.7 Å². The van der Waals surface area contributed by atoms with Crippen molar-refractivity contribution in [1.29, 1.82) is 0 Å². The van der Waals surface area contributed by atoms with Crippen LogP contribution in [0.15, 0.2) is 12.2 Å². The van der Waals surface area contributed by atoms with Gasteiger partial charge >= 0.3 is 0 Å². The molecule has 0 aromatic heterocycles. The molecule has 0 atom stereocenters. The van der Waals surface area contributed by atoms with E-state index in [0.717, 1.165) is 12.2 Å². The van der Waals surface area contributed by atoms with Gasteiger partial charge in [0.25, 0.3) is 0 Å². The molecule has 0 aliphatic heterocycles. The predicted molar refractivity (Wildman–Crippen MR) is 17.8 cm³/mol. The minimum Gasteiger partial charge on any atom is -0.204 e. The minimum atomic E-state index is 0.986. The maximum atomic E-state index is 10.6. The highest BCUT2D eigenvalue weighted by Gasteiger charge is 1.48. The SMILES string of the molecule is [CH]=C/C=[C]\F. The average Bonchev–Trinajstić information content (AvgIpc) is 1.41. The van der Waals surface area contributed by atoms with E-state index in [-0.39, 0.29) is 0 Å². The maximum Gasteiger partial charge on any atom is 0.158 e. The zero-order valence-corrected chi connectivity index (χ0v) is 2.61. The topological polar surface area (TPSA) is 0 Å². The average molecular weight is 70.1 g/mol. The molecule has 0 aromatic carbocycles. The molecule has 0 spiro atoms. The minimum absolute atomic E-state index is 0.986. The van der Waals surface area contributed by atoms with Crippen molar-refractivity contribution in [3.8, 4) is 0 Å². The van der Waals surface area contributed by atoms with Crippen LogP contribution >= 0.6 is 0 Å². The van der Waals surface area contributed by atoms with Gasteiger partial charge in [-0.25, -0.2) is 4.39 Å². The molecule has 1 heteroatoms. The van der Waals surface area contributed by atoms with Crippen molar-refractivity contribution >= 4 is 0 Å². The molecule has 0 aromatic rings. The van der Waals surface area contributed by atoms with Crippen LogP contribution in [0, 0.1) is 12.9 Å². The second-order valence-electron chi connectivity index (χ2n) is 0.468. The first-order valence-corrected chi connectivity index (χ1v) is 1.14. The van der Waals surface area contributed by atoms with Crippen molar-refractivity contribution in [3.05, 3.63) is 25.1 Å². The Balaban J connectivity index is 2.92. The highest BCUT2D eigenvalue weighted by atomic mass is 19.1. The maximum absolute atomic E-state index is 10.6. The van der Waals surface area contributed by atoms with Crippen LogP contribution in [-0.4, -0.2) is 0 Å². The molecule has 0 N–H and O–H groups in total. The summed E-state index contributed by atoms with van der Waals surface area (Å²) < 4.78 is 10.6. The molecular weight excluding hydrogens is 67.0 g/mol. The molecular formula is C4H3F. The van der Waals surface area contributed by atoms with Crippen LogP contribution in [0.3, 0.4) is 0 Å². The highest BCUT2D eigenvalue weighted by Crippen LogP contribution is 1.66. The van der Waals surface area contributed by atoms with Gasteiger partial charge in [0.1, 0.15) is 0 Å². The molecule has 0 saturated carbocycles. The van der Waals surface area contributed by atoms with Crippen LogP contribution in [0.1, 0.15) is 0 Å². The number of allylic oxidation sites excluding steroid dienone is 2. The molecule has 0 rings (SSSR count). The molecule has 0 unspecified atom stereocenters. The van der Waals surface area contributed by atoms with E-state index in [4.69, 9.17) is 0 Å². The standard InChI is InChI=1S/C4H3F/c1-2-3-4-5/h1-3H. The van der Waals surface area contributed by atoms with Crippen LogP contribution in [0.25, 0.3) is 0 Å². The van der Waals surface area contributed by atoms with Crippen LogP contribution < -0.4 is 0 Å². The molecule has 0 aliphatic carbocycles. The lowest BCUT2D eigenvalue weighted by atomic mass is 10.6. The number of hydrogen-bond acceptors (Lipinski definition) is 0. The molecule has 0 bridgehead atoms. The van der Waals surface area contributed by atoms with Gasteiger partial charge in [-0.2, -0.15) is 0 Å². The third-order valence-electron chi connectivity index (χ3n) is 0.159. The van der Waals surface area contributed by atoms with E-state index >= 15 is 0 Å². The van der Waals surface area contributed by atoms with Gasteiger partial charge in [0.05, 0.1) is 0 Å². The Morgan fingerprint density at radius 3 is 2.40 bits per heavy atom. The van der Waals surface area contributed by atoms with Gasteiger partial charge in [0, 0.05) is 0 Å². The summed E-state index contributed by atoms with van der Waals surface area (Å²) in [6.07, 6.45) is 3.27. The van der Waals surface area contributed by atoms with Gasteiger partial charge in [0.2, 0.25) is 0 Å². The lowest BCUT2D eigenvalue weighted by Gasteiger charge is -1.50.